The molecule has 0 bridgehead atoms. The molecule has 5 N–H and O–H groups in total. The zero-order valence-electron chi connectivity index (χ0n) is 11.3. The van der Waals surface area contributed by atoms with Crippen LogP contribution >= 0.6 is 7.82 Å². The maximum absolute atomic E-state index is 11.8. The molecule has 0 spiro atoms. The Morgan fingerprint density at radius 3 is 2.86 bits per heavy atom. The molecule has 2 heterocycles. The molecule has 1 fully saturated rings. The van der Waals surface area contributed by atoms with Gasteiger partial charge in [-0.15, -0.1) is 0 Å². The van der Waals surface area contributed by atoms with Crippen molar-refractivity contribution in [3.63, 3.8) is 0 Å². The lowest BCUT2D eigenvalue weighted by Gasteiger charge is -2.18. The van der Waals surface area contributed by atoms with E-state index >= 15 is 0 Å². The molecule has 1 aliphatic rings. The molecule has 3 atom stereocenters. The van der Waals surface area contributed by atoms with E-state index in [2.05, 4.69) is 9.51 Å². The molecule has 1 saturated heterocycles. The van der Waals surface area contributed by atoms with Crippen molar-refractivity contribution in [1.29, 1.82) is 0 Å². The zero-order valence-corrected chi connectivity index (χ0v) is 12.2. The summed E-state index contributed by atoms with van der Waals surface area (Å²) in [6.45, 7) is -0.745. The van der Waals surface area contributed by atoms with E-state index < -0.39 is 38.7 Å². The highest BCUT2D eigenvalue weighted by atomic mass is 31.2. The number of ether oxygens (including phenoxy) is 2. The van der Waals surface area contributed by atoms with E-state index in [4.69, 9.17) is 30.1 Å². The topological polar surface area (TPSA) is 166 Å². The second kappa shape index (κ2) is 6.84. The first kappa shape index (κ1) is 17.0. The standard InChI is InChI=1S/C10H16N3O8P/c11-8-1-2-13(10(15)12-8)9-3-6(21-22(16,17)18)7(20-9)4-19-5-14/h1-2,6-7,9,14H,3-5H2,(H2,11,12,15)(H2,16,17,18)/t6-,7+,9+/m0/s1. The van der Waals surface area contributed by atoms with E-state index in [0.717, 1.165) is 4.57 Å². The van der Waals surface area contributed by atoms with Crippen LogP contribution in [0.25, 0.3) is 0 Å². The number of phosphoric ester groups is 1. The predicted molar refractivity (Wildman–Crippen MR) is 71.4 cm³/mol. The Morgan fingerprint density at radius 2 is 2.27 bits per heavy atom. The molecule has 124 valence electrons. The van der Waals surface area contributed by atoms with Crippen LogP contribution in [0.3, 0.4) is 0 Å². The number of phosphoric acid groups is 1. The van der Waals surface area contributed by atoms with Crippen molar-refractivity contribution in [3.8, 4) is 0 Å². The van der Waals surface area contributed by atoms with Gasteiger partial charge in [0.15, 0.2) is 0 Å². The largest absolute Gasteiger partial charge is 0.469 e. The third-order valence-corrected chi connectivity index (χ3v) is 3.53. The van der Waals surface area contributed by atoms with E-state index in [1.807, 2.05) is 0 Å². The molecule has 0 aromatic carbocycles. The molecule has 0 unspecified atom stereocenters. The number of aliphatic hydroxyl groups excluding tert-OH is 1. The van der Waals surface area contributed by atoms with Crippen molar-refractivity contribution < 1.29 is 33.5 Å². The number of hydrogen-bond donors (Lipinski definition) is 4. The fraction of sp³-hybridized carbons (Fsp3) is 0.600. The Labute approximate surface area is 124 Å². The summed E-state index contributed by atoms with van der Waals surface area (Å²) in [6, 6.07) is 1.39. The van der Waals surface area contributed by atoms with Gasteiger partial charge >= 0.3 is 13.5 Å². The summed E-state index contributed by atoms with van der Waals surface area (Å²) in [5.41, 5.74) is 4.73. The molecular weight excluding hydrogens is 321 g/mol. The average molecular weight is 337 g/mol. The lowest BCUT2D eigenvalue weighted by atomic mass is 10.2. The average Bonchev–Trinajstić information content (AvgIpc) is 2.76. The van der Waals surface area contributed by atoms with Crippen LogP contribution in [0.1, 0.15) is 12.6 Å². The Bertz CT molecular complexity index is 616. The van der Waals surface area contributed by atoms with Gasteiger partial charge in [-0.1, -0.05) is 0 Å². The summed E-state index contributed by atoms with van der Waals surface area (Å²) in [4.78, 5) is 33.1. The summed E-state index contributed by atoms with van der Waals surface area (Å²) in [7, 11) is -4.74. The van der Waals surface area contributed by atoms with Crippen molar-refractivity contribution in [1.82, 2.24) is 9.55 Å². The Kier molecular flexibility index (Phi) is 5.29. The third kappa shape index (κ3) is 4.34. The van der Waals surface area contributed by atoms with Crippen LogP contribution in [0.4, 0.5) is 5.82 Å². The Morgan fingerprint density at radius 1 is 1.55 bits per heavy atom. The lowest BCUT2D eigenvalue weighted by molar-refractivity contribution is -0.0913. The number of aliphatic hydroxyl groups is 1. The highest BCUT2D eigenvalue weighted by molar-refractivity contribution is 7.46. The van der Waals surface area contributed by atoms with Crippen molar-refractivity contribution in [2.75, 3.05) is 19.1 Å². The Hall–Kier alpha value is -1.33. The lowest BCUT2D eigenvalue weighted by Crippen LogP contribution is -2.29. The number of rotatable bonds is 6. The number of aromatic nitrogens is 2. The summed E-state index contributed by atoms with van der Waals surface area (Å²) >= 11 is 0. The van der Waals surface area contributed by atoms with Gasteiger partial charge in [0.05, 0.1) is 6.61 Å². The second-order valence-electron chi connectivity index (χ2n) is 4.54. The van der Waals surface area contributed by atoms with Crippen LogP contribution in [0, 0.1) is 0 Å². The van der Waals surface area contributed by atoms with Crippen molar-refractivity contribution in [3.05, 3.63) is 22.7 Å². The molecule has 0 saturated carbocycles. The van der Waals surface area contributed by atoms with Crippen LogP contribution in [0.15, 0.2) is 17.1 Å². The van der Waals surface area contributed by atoms with Gasteiger partial charge in [0.25, 0.3) is 0 Å². The van der Waals surface area contributed by atoms with Crippen LogP contribution in [-0.2, 0) is 18.6 Å². The summed E-state index contributed by atoms with van der Waals surface area (Å²) in [5, 5.41) is 8.65. The minimum Gasteiger partial charge on any atom is -0.383 e. The van der Waals surface area contributed by atoms with Gasteiger partial charge in [-0.3, -0.25) is 9.09 Å². The van der Waals surface area contributed by atoms with Crippen LogP contribution in [0.5, 0.6) is 0 Å². The molecule has 2 rings (SSSR count). The molecule has 12 heteroatoms. The Balaban J connectivity index is 2.18. The molecule has 0 amide bonds. The van der Waals surface area contributed by atoms with Crippen molar-refractivity contribution in [2.45, 2.75) is 24.9 Å². The van der Waals surface area contributed by atoms with Gasteiger partial charge in [-0.25, -0.2) is 9.36 Å². The molecular formula is C10H16N3O8P. The van der Waals surface area contributed by atoms with E-state index in [1.165, 1.54) is 12.3 Å². The van der Waals surface area contributed by atoms with Crippen LogP contribution < -0.4 is 11.4 Å². The number of nitrogen functional groups attached to an aromatic ring is 1. The summed E-state index contributed by atoms with van der Waals surface area (Å²) in [6.07, 6.45) is -1.37. The van der Waals surface area contributed by atoms with Gasteiger partial charge in [0, 0.05) is 12.6 Å². The molecule has 0 aliphatic carbocycles. The second-order valence-corrected chi connectivity index (χ2v) is 5.73. The van der Waals surface area contributed by atoms with Crippen LogP contribution in [0.2, 0.25) is 0 Å². The minimum atomic E-state index is -4.74. The van der Waals surface area contributed by atoms with Gasteiger partial charge < -0.3 is 30.1 Å². The number of anilines is 1. The molecule has 0 radical (unpaired) electrons. The third-order valence-electron chi connectivity index (χ3n) is 2.99. The number of hydrogen-bond acceptors (Lipinski definition) is 8. The predicted octanol–water partition coefficient (Wildman–Crippen LogP) is -1.44. The monoisotopic (exact) mass is 337 g/mol. The summed E-state index contributed by atoms with van der Waals surface area (Å²) in [5.74, 6) is 0.0439. The van der Waals surface area contributed by atoms with Gasteiger partial charge in [-0.2, -0.15) is 4.98 Å². The fourth-order valence-electron chi connectivity index (χ4n) is 2.12. The highest BCUT2D eigenvalue weighted by Gasteiger charge is 2.41. The first-order chi connectivity index (χ1) is 10.3. The molecule has 22 heavy (non-hydrogen) atoms. The summed E-state index contributed by atoms with van der Waals surface area (Å²) < 4.78 is 27.0. The fourth-order valence-corrected chi connectivity index (χ4v) is 2.70. The quantitative estimate of drug-likeness (QED) is 0.356. The molecule has 1 aromatic rings. The van der Waals surface area contributed by atoms with Gasteiger partial charge in [-0.05, 0) is 6.07 Å². The SMILES string of the molecule is Nc1ccn([C@H]2C[C@H](OP(=O)(O)O)[C@@H](COCO)O2)c(=O)n1. The molecule has 1 aliphatic heterocycles. The zero-order chi connectivity index (χ0) is 16.3. The van der Waals surface area contributed by atoms with E-state index in [-0.39, 0.29) is 18.8 Å². The first-order valence-electron chi connectivity index (χ1n) is 6.23. The first-order valence-corrected chi connectivity index (χ1v) is 7.76. The molecule has 11 nitrogen and oxygen atoms in total. The van der Waals surface area contributed by atoms with Gasteiger partial charge in [0.2, 0.25) is 0 Å². The van der Waals surface area contributed by atoms with E-state index in [9.17, 15) is 9.36 Å². The maximum Gasteiger partial charge on any atom is 0.469 e. The van der Waals surface area contributed by atoms with Crippen molar-refractivity contribution in [2.24, 2.45) is 0 Å². The number of nitrogens with two attached hydrogens (primary N) is 1. The van der Waals surface area contributed by atoms with Gasteiger partial charge in [0.1, 0.15) is 31.0 Å². The van der Waals surface area contributed by atoms with Crippen molar-refractivity contribution >= 4 is 13.6 Å². The van der Waals surface area contributed by atoms with E-state index in [0.29, 0.717) is 0 Å². The minimum absolute atomic E-state index is 0.00390. The van der Waals surface area contributed by atoms with E-state index in [1.54, 1.807) is 0 Å². The van der Waals surface area contributed by atoms with Crippen LogP contribution in [-0.4, -0.2) is 50.1 Å². The number of nitrogens with zero attached hydrogens (tertiary/aromatic N) is 2. The maximum atomic E-state index is 11.8. The normalized spacial score (nSPS) is 25.5. The molecule has 1 aromatic heterocycles. The highest BCUT2D eigenvalue weighted by Crippen LogP contribution is 2.43. The smallest absolute Gasteiger partial charge is 0.383 e.